The van der Waals surface area contributed by atoms with Crippen LogP contribution >= 0.6 is 0 Å². The van der Waals surface area contributed by atoms with Crippen LogP contribution in [0, 0.1) is 6.92 Å². The minimum absolute atomic E-state index is 0.202. The zero-order valence-electron chi connectivity index (χ0n) is 13.1. The summed E-state index contributed by atoms with van der Waals surface area (Å²) in [7, 11) is -3.62. The van der Waals surface area contributed by atoms with Crippen LogP contribution in [0.5, 0.6) is 0 Å². The van der Waals surface area contributed by atoms with E-state index < -0.39 is 10.0 Å². The summed E-state index contributed by atoms with van der Waals surface area (Å²) in [5.74, 6) is 0.272. The molecule has 24 heavy (non-hydrogen) atoms. The second kappa shape index (κ2) is 6.72. The van der Waals surface area contributed by atoms with Crippen molar-refractivity contribution in [1.82, 2.24) is 4.98 Å². The predicted octanol–water partition coefficient (Wildman–Crippen LogP) is 3.93. The number of anilines is 3. The molecule has 122 valence electrons. The lowest BCUT2D eigenvalue weighted by atomic mass is 10.2. The second-order valence-corrected chi connectivity index (χ2v) is 7.02. The Labute approximate surface area is 141 Å². The Balaban J connectivity index is 1.72. The van der Waals surface area contributed by atoms with Crippen molar-refractivity contribution in [2.45, 2.75) is 11.8 Å². The Hall–Kier alpha value is -2.86. The van der Waals surface area contributed by atoms with Crippen LogP contribution in [0.4, 0.5) is 17.2 Å². The van der Waals surface area contributed by atoms with E-state index >= 15 is 0 Å². The van der Waals surface area contributed by atoms with Crippen molar-refractivity contribution >= 4 is 27.2 Å². The van der Waals surface area contributed by atoms with Crippen LogP contribution in [0.15, 0.2) is 77.8 Å². The molecule has 0 aliphatic carbocycles. The Morgan fingerprint density at radius 3 is 2.12 bits per heavy atom. The van der Waals surface area contributed by atoms with Crippen LogP contribution in [-0.2, 0) is 10.0 Å². The number of sulfonamides is 1. The summed E-state index contributed by atoms with van der Waals surface area (Å²) in [6.45, 7) is 2.03. The largest absolute Gasteiger partial charge is 0.354 e. The van der Waals surface area contributed by atoms with Gasteiger partial charge in [0.1, 0.15) is 5.82 Å². The monoisotopic (exact) mass is 339 g/mol. The molecule has 0 atom stereocenters. The van der Waals surface area contributed by atoms with E-state index in [1.54, 1.807) is 36.5 Å². The van der Waals surface area contributed by atoms with Crippen LogP contribution in [0.2, 0.25) is 0 Å². The Morgan fingerprint density at radius 2 is 1.50 bits per heavy atom. The van der Waals surface area contributed by atoms with E-state index in [0.29, 0.717) is 0 Å². The van der Waals surface area contributed by atoms with Crippen molar-refractivity contribution in [1.29, 1.82) is 0 Å². The van der Waals surface area contributed by atoms with E-state index in [1.807, 2.05) is 31.2 Å². The number of hydrogen-bond acceptors (Lipinski definition) is 4. The van der Waals surface area contributed by atoms with Gasteiger partial charge in [0.15, 0.2) is 0 Å². The lowest BCUT2D eigenvalue weighted by Gasteiger charge is -2.09. The van der Waals surface area contributed by atoms with Gasteiger partial charge in [0.05, 0.1) is 16.8 Å². The van der Waals surface area contributed by atoms with Gasteiger partial charge in [0, 0.05) is 5.69 Å². The Bertz CT molecular complexity index is 907. The standard InChI is InChI=1S/C18H17N3O2S/c1-14-7-9-15(10-8-14)20-16-11-12-18(19-13-16)21-24(22,23)17-5-3-2-4-6-17/h2-13,20H,1H3,(H,19,21). The highest BCUT2D eigenvalue weighted by molar-refractivity contribution is 7.92. The van der Waals surface area contributed by atoms with Gasteiger partial charge in [0.25, 0.3) is 10.0 Å². The average molecular weight is 339 g/mol. The zero-order valence-corrected chi connectivity index (χ0v) is 13.9. The third-order valence-electron chi connectivity index (χ3n) is 3.40. The van der Waals surface area contributed by atoms with Crippen LogP contribution < -0.4 is 10.0 Å². The van der Waals surface area contributed by atoms with E-state index in [0.717, 1.165) is 11.4 Å². The molecule has 1 heterocycles. The minimum Gasteiger partial charge on any atom is -0.354 e. The van der Waals surface area contributed by atoms with E-state index in [9.17, 15) is 8.42 Å². The van der Waals surface area contributed by atoms with Crippen molar-refractivity contribution in [3.8, 4) is 0 Å². The second-order valence-electron chi connectivity index (χ2n) is 5.34. The van der Waals surface area contributed by atoms with Gasteiger partial charge < -0.3 is 5.32 Å². The lowest BCUT2D eigenvalue weighted by molar-refractivity contribution is 0.601. The fourth-order valence-electron chi connectivity index (χ4n) is 2.13. The highest BCUT2D eigenvalue weighted by Crippen LogP contribution is 2.19. The summed E-state index contributed by atoms with van der Waals surface area (Å²) >= 11 is 0. The van der Waals surface area contributed by atoms with Gasteiger partial charge in [0.2, 0.25) is 0 Å². The molecule has 0 bridgehead atoms. The first-order valence-corrected chi connectivity index (χ1v) is 8.89. The topological polar surface area (TPSA) is 71.1 Å². The molecule has 0 spiro atoms. The molecule has 3 rings (SSSR count). The van der Waals surface area contributed by atoms with Gasteiger partial charge in [-0.3, -0.25) is 4.72 Å². The molecule has 0 amide bonds. The van der Waals surface area contributed by atoms with Crippen molar-refractivity contribution in [2.75, 3.05) is 10.0 Å². The van der Waals surface area contributed by atoms with Gasteiger partial charge in [-0.1, -0.05) is 35.9 Å². The summed E-state index contributed by atoms with van der Waals surface area (Å²) in [5, 5.41) is 3.21. The molecular formula is C18H17N3O2S. The number of benzene rings is 2. The van der Waals surface area contributed by atoms with Crippen LogP contribution in [0.25, 0.3) is 0 Å². The molecule has 0 fully saturated rings. The normalized spacial score (nSPS) is 11.0. The maximum absolute atomic E-state index is 12.2. The molecule has 0 unspecified atom stereocenters. The Morgan fingerprint density at radius 1 is 0.833 bits per heavy atom. The van der Waals surface area contributed by atoms with E-state index in [4.69, 9.17) is 0 Å². The highest BCUT2D eigenvalue weighted by Gasteiger charge is 2.13. The van der Waals surface area contributed by atoms with Crippen LogP contribution in [0.1, 0.15) is 5.56 Å². The summed E-state index contributed by atoms with van der Waals surface area (Å²) < 4.78 is 27.0. The molecule has 0 aliphatic rings. The van der Waals surface area contributed by atoms with E-state index in [2.05, 4.69) is 15.0 Å². The fourth-order valence-corrected chi connectivity index (χ4v) is 3.16. The lowest BCUT2D eigenvalue weighted by Crippen LogP contribution is -2.13. The summed E-state index contributed by atoms with van der Waals surface area (Å²) in [4.78, 5) is 4.35. The molecule has 2 aromatic carbocycles. The average Bonchev–Trinajstić information content (AvgIpc) is 2.59. The zero-order chi connectivity index (χ0) is 17.0. The van der Waals surface area contributed by atoms with Gasteiger partial charge in [-0.05, 0) is 43.3 Å². The molecule has 0 radical (unpaired) electrons. The summed E-state index contributed by atoms with van der Waals surface area (Å²) in [6, 6.07) is 19.6. The third-order valence-corrected chi connectivity index (χ3v) is 4.77. The molecule has 0 saturated heterocycles. The first-order valence-electron chi connectivity index (χ1n) is 7.40. The maximum Gasteiger partial charge on any atom is 0.263 e. The van der Waals surface area contributed by atoms with Crippen molar-refractivity contribution < 1.29 is 8.42 Å². The van der Waals surface area contributed by atoms with Crippen LogP contribution in [-0.4, -0.2) is 13.4 Å². The number of nitrogens with one attached hydrogen (secondary N) is 2. The van der Waals surface area contributed by atoms with Crippen molar-refractivity contribution in [3.63, 3.8) is 0 Å². The highest BCUT2D eigenvalue weighted by atomic mass is 32.2. The van der Waals surface area contributed by atoms with Crippen molar-refractivity contribution in [3.05, 3.63) is 78.5 Å². The summed E-state index contributed by atoms with van der Waals surface area (Å²) in [6.07, 6.45) is 1.59. The van der Waals surface area contributed by atoms with E-state index in [-0.39, 0.29) is 10.7 Å². The molecular weight excluding hydrogens is 322 g/mol. The molecule has 3 aromatic rings. The molecule has 6 heteroatoms. The van der Waals surface area contributed by atoms with Gasteiger partial charge in [-0.25, -0.2) is 13.4 Å². The number of hydrogen-bond donors (Lipinski definition) is 2. The maximum atomic E-state index is 12.2. The van der Waals surface area contributed by atoms with Gasteiger partial charge >= 0.3 is 0 Å². The van der Waals surface area contributed by atoms with Crippen molar-refractivity contribution in [2.24, 2.45) is 0 Å². The molecule has 1 aromatic heterocycles. The first kappa shape index (κ1) is 16.0. The number of nitrogens with zero attached hydrogens (tertiary/aromatic N) is 1. The van der Waals surface area contributed by atoms with E-state index in [1.165, 1.54) is 17.7 Å². The smallest absolute Gasteiger partial charge is 0.263 e. The molecule has 5 nitrogen and oxygen atoms in total. The molecule has 0 aliphatic heterocycles. The third kappa shape index (κ3) is 3.91. The molecule has 0 saturated carbocycles. The van der Waals surface area contributed by atoms with Gasteiger partial charge in [-0.15, -0.1) is 0 Å². The summed E-state index contributed by atoms with van der Waals surface area (Å²) in [5.41, 5.74) is 2.91. The SMILES string of the molecule is Cc1ccc(Nc2ccc(NS(=O)(=O)c3ccccc3)nc2)cc1. The number of rotatable bonds is 5. The quantitative estimate of drug-likeness (QED) is 0.739. The predicted molar refractivity (Wildman–Crippen MR) is 95.9 cm³/mol. The number of pyridine rings is 1. The first-order chi connectivity index (χ1) is 11.5. The fraction of sp³-hybridized carbons (Fsp3) is 0.0556. The molecule has 2 N–H and O–H groups in total. The Kier molecular flexibility index (Phi) is 4.48. The minimum atomic E-state index is -3.62. The number of aryl methyl sites for hydroxylation is 1. The van der Waals surface area contributed by atoms with Crippen LogP contribution in [0.3, 0.4) is 0 Å². The van der Waals surface area contributed by atoms with Gasteiger partial charge in [-0.2, -0.15) is 0 Å². The number of aromatic nitrogens is 1.